The van der Waals surface area contributed by atoms with Crippen LogP contribution in [0.2, 0.25) is 0 Å². The number of methoxy groups -OCH3 is 1. The van der Waals surface area contributed by atoms with Crippen LogP contribution in [0.25, 0.3) is 0 Å². The molecule has 1 fully saturated rings. The number of halogens is 1. The molecule has 7 heteroatoms. The zero-order valence-corrected chi connectivity index (χ0v) is 16.6. The molecule has 0 aliphatic carbocycles. The Bertz CT molecular complexity index is 954. The first-order valence-electron chi connectivity index (χ1n) is 9.68. The van der Waals surface area contributed by atoms with Crippen LogP contribution >= 0.6 is 0 Å². The van der Waals surface area contributed by atoms with Crippen LogP contribution in [-0.2, 0) is 11.2 Å². The van der Waals surface area contributed by atoms with Gasteiger partial charge in [0.1, 0.15) is 17.2 Å². The van der Waals surface area contributed by atoms with Gasteiger partial charge < -0.3 is 19.9 Å². The maximum atomic E-state index is 13.5. The average molecular weight is 397 g/mol. The molecular weight excluding hydrogens is 373 g/mol. The molecule has 1 N–H and O–H groups in total. The predicted octanol–water partition coefficient (Wildman–Crippen LogP) is 2.58. The van der Waals surface area contributed by atoms with Crippen LogP contribution in [0.15, 0.2) is 42.5 Å². The quantitative estimate of drug-likeness (QED) is 0.865. The summed E-state index contributed by atoms with van der Waals surface area (Å²) in [5, 5.41) is 3.05. The third-order valence-electron chi connectivity index (χ3n) is 5.99. The molecule has 0 atom stereocenters. The van der Waals surface area contributed by atoms with Gasteiger partial charge in [-0.2, -0.15) is 0 Å². The molecule has 1 spiro atoms. The second kappa shape index (κ2) is 7.39. The van der Waals surface area contributed by atoms with Gasteiger partial charge in [0.15, 0.2) is 0 Å². The number of carbonyl (C=O) groups excluding carboxylic acids is 2. The summed E-state index contributed by atoms with van der Waals surface area (Å²) in [6.45, 7) is 1.09. The van der Waals surface area contributed by atoms with Crippen molar-refractivity contribution in [1.29, 1.82) is 0 Å². The van der Waals surface area contributed by atoms with Crippen molar-refractivity contribution in [3.05, 3.63) is 59.4 Å². The largest absolute Gasteiger partial charge is 0.497 e. The van der Waals surface area contributed by atoms with E-state index in [1.54, 1.807) is 13.2 Å². The van der Waals surface area contributed by atoms with Crippen molar-refractivity contribution in [3.8, 4) is 5.75 Å². The smallest absolute Gasteiger partial charge is 0.255 e. The van der Waals surface area contributed by atoms with Crippen LogP contribution in [0, 0.1) is 5.82 Å². The molecule has 2 aromatic rings. The van der Waals surface area contributed by atoms with E-state index in [1.165, 1.54) is 12.1 Å². The molecular formula is C22H24FN3O3. The highest BCUT2D eigenvalue weighted by Gasteiger charge is 2.44. The van der Waals surface area contributed by atoms with Gasteiger partial charge in [-0.05, 0) is 35.9 Å². The van der Waals surface area contributed by atoms with Crippen molar-refractivity contribution in [2.45, 2.75) is 24.9 Å². The Morgan fingerprint density at radius 3 is 2.69 bits per heavy atom. The first-order valence-corrected chi connectivity index (χ1v) is 9.68. The number of piperidine rings is 1. The maximum absolute atomic E-state index is 13.5. The van der Waals surface area contributed by atoms with Crippen LogP contribution in [0.1, 0.15) is 28.8 Å². The van der Waals surface area contributed by atoms with Crippen molar-refractivity contribution in [2.75, 3.05) is 32.1 Å². The number of anilines is 1. The molecule has 0 aromatic heterocycles. The Kier molecular flexibility index (Phi) is 4.90. The Balaban J connectivity index is 1.45. The predicted molar refractivity (Wildman–Crippen MR) is 108 cm³/mol. The highest BCUT2D eigenvalue weighted by atomic mass is 19.1. The van der Waals surface area contributed by atoms with E-state index < -0.39 is 11.5 Å². The summed E-state index contributed by atoms with van der Waals surface area (Å²) in [6, 6.07) is 11.8. The molecule has 2 heterocycles. The van der Waals surface area contributed by atoms with Gasteiger partial charge in [0.05, 0.1) is 24.8 Å². The fourth-order valence-electron chi connectivity index (χ4n) is 4.23. The van der Waals surface area contributed by atoms with Crippen LogP contribution in [-0.4, -0.2) is 49.6 Å². The van der Waals surface area contributed by atoms with Gasteiger partial charge in [-0.1, -0.05) is 12.1 Å². The first kappa shape index (κ1) is 19.2. The lowest BCUT2D eigenvalue weighted by atomic mass is 9.90. The molecule has 4 rings (SSSR count). The summed E-state index contributed by atoms with van der Waals surface area (Å²) < 4.78 is 18.8. The third kappa shape index (κ3) is 3.52. The number of nitrogens with zero attached hydrogens (tertiary/aromatic N) is 2. The van der Waals surface area contributed by atoms with Crippen molar-refractivity contribution in [1.82, 2.24) is 10.2 Å². The Hall–Kier alpha value is -3.09. The number of likely N-dealkylation sites (tertiary alicyclic amines) is 1. The van der Waals surface area contributed by atoms with E-state index in [4.69, 9.17) is 4.74 Å². The highest BCUT2D eigenvalue weighted by Crippen LogP contribution is 2.36. The normalized spacial score (nSPS) is 17.7. The lowest BCUT2D eigenvalue weighted by Gasteiger charge is -2.51. The van der Waals surface area contributed by atoms with Gasteiger partial charge in [-0.15, -0.1) is 0 Å². The lowest BCUT2D eigenvalue weighted by molar-refractivity contribution is -0.132. The molecule has 29 heavy (non-hydrogen) atoms. The summed E-state index contributed by atoms with van der Waals surface area (Å²) in [5.41, 5.74) is 1.41. The van der Waals surface area contributed by atoms with E-state index in [-0.39, 0.29) is 11.8 Å². The second-order valence-corrected chi connectivity index (χ2v) is 7.62. The topological polar surface area (TPSA) is 61.9 Å². The molecule has 0 unspecified atom stereocenters. The molecule has 1 saturated heterocycles. The SMILES string of the molecule is COc1cccc(CC(=O)N2CCC3(CC2)NC(=O)c2cc(F)ccc2N3C)c1. The maximum Gasteiger partial charge on any atom is 0.255 e. The fourth-order valence-corrected chi connectivity index (χ4v) is 4.23. The molecule has 152 valence electrons. The van der Waals surface area contributed by atoms with Crippen LogP contribution in [0.4, 0.5) is 10.1 Å². The summed E-state index contributed by atoms with van der Waals surface area (Å²) in [4.78, 5) is 29.2. The van der Waals surface area contributed by atoms with E-state index in [0.29, 0.717) is 43.6 Å². The minimum atomic E-state index is -0.561. The highest BCUT2D eigenvalue weighted by molar-refractivity contribution is 6.02. The summed E-state index contributed by atoms with van der Waals surface area (Å²) in [6.07, 6.45) is 1.53. The molecule has 2 aliphatic rings. The number of carbonyl (C=O) groups is 2. The van der Waals surface area contributed by atoms with Gasteiger partial charge in [0, 0.05) is 33.0 Å². The molecule has 6 nitrogen and oxygen atoms in total. The minimum absolute atomic E-state index is 0.0559. The van der Waals surface area contributed by atoms with E-state index in [2.05, 4.69) is 5.32 Å². The summed E-state index contributed by atoms with van der Waals surface area (Å²) >= 11 is 0. The van der Waals surface area contributed by atoms with Crippen molar-refractivity contribution < 1.29 is 18.7 Å². The second-order valence-electron chi connectivity index (χ2n) is 7.62. The lowest BCUT2D eigenvalue weighted by Crippen LogP contribution is -2.67. The Morgan fingerprint density at radius 1 is 1.21 bits per heavy atom. The van der Waals surface area contributed by atoms with Crippen LogP contribution in [0.5, 0.6) is 5.75 Å². The van der Waals surface area contributed by atoms with Crippen LogP contribution < -0.4 is 15.0 Å². The van der Waals surface area contributed by atoms with Gasteiger partial charge in [-0.3, -0.25) is 9.59 Å². The number of nitrogens with one attached hydrogen (secondary N) is 1. The zero-order valence-electron chi connectivity index (χ0n) is 16.6. The van der Waals surface area contributed by atoms with Gasteiger partial charge in [0.25, 0.3) is 5.91 Å². The van der Waals surface area contributed by atoms with Crippen molar-refractivity contribution >= 4 is 17.5 Å². The molecule has 2 aromatic carbocycles. The number of hydrogen-bond acceptors (Lipinski definition) is 4. The van der Waals surface area contributed by atoms with Crippen molar-refractivity contribution in [2.24, 2.45) is 0 Å². The molecule has 0 radical (unpaired) electrons. The summed E-state index contributed by atoms with van der Waals surface area (Å²) in [5.74, 6) is 0.0878. The van der Waals surface area contributed by atoms with E-state index in [1.807, 2.05) is 41.1 Å². The summed E-state index contributed by atoms with van der Waals surface area (Å²) in [7, 11) is 3.51. The standard InChI is InChI=1S/C22H24FN3O3/c1-25-19-7-6-16(23)14-18(19)21(28)24-22(25)8-10-26(11-9-22)20(27)13-15-4-3-5-17(12-15)29-2/h3-7,12,14H,8-11,13H2,1-2H3,(H,24,28). The molecule has 2 amide bonds. The number of amides is 2. The molecule has 0 bridgehead atoms. The number of rotatable bonds is 3. The number of benzene rings is 2. The van der Waals surface area contributed by atoms with Crippen LogP contribution in [0.3, 0.4) is 0 Å². The van der Waals surface area contributed by atoms with E-state index in [9.17, 15) is 14.0 Å². The van der Waals surface area contributed by atoms with Gasteiger partial charge in [-0.25, -0.2) is 4.39 Å². The first-order chi connectivity index (χ1) is 13.9. The Morgan fingerprint density at radius 2 is 1.97 bits per heavy atom. The molecule has 2 aliphatic heterocycles. The van der Waals surface area contributed by atoms with Gasteiger partial charge >= 0.3 is 0 Å². The number of hydrogen-bond donors (Lipinski definition) is 1. The number of ether oxygens (including phenoxy) is 1. The average Bonchev–Trinajstić information content (AvgIpc) is 2.73. The zero-order chi connectivity index (χ0) is 20.6. The molecule has 0 saturated carbocycles. The fraction of sp³-hybridized carbons (Fsp3) is 0.364. The van der Waals surface area contributed by atoms with Crippen molar-refractivity contribution in [3.63, 3.8) is 0 Å². The Labute approximate surface area is 169 Å². The monoisotopic (exact) mass is 397 g/mol. The third-order valence-corrected chi connectivity index (χ3v) is 5.99. The van der Waals surface area contributed by atoms with E-state index in [0.717, 1.165) is 11.3 Å². The number of fused-ring (bicyclic) bond motifs is 1. The van der Waals surface area contributed by atoms with E-state index >= 15 is 0 Å². The minimum Gasteiger partial charge on any atom is -0.497 e. The van der Waals surface area contributed by atoms with Gasteiger partial charge in [0.2, 0.25) is 5.91 Å².